The van der Waals surface area contributed by atoms with Crippen molar-refractivity contribution < 1.29 is 5.11 Å². The minimum Gasteiger partial charge on any atom is -0.395 e. The molecule has 0 bridgehead atoms. The van der Waals surface area contributed by atoms with Crippen molar-refractivity contribution in [3.63, 3.8) is 0 Å². The average Bonchev–Trinajstić information content (AvgIpc) is 2.24. The van der Waals surface area contributed by atoms with Crippen LogP contribution in [0.5, 0.6) is 0 Å². The predicted molar refractivity (Wildman–Crippen MR) is 68.5 cm³/mol. The number of aliphatic hydroxyl groups excluding tert-OH is 1. The lowest BCUT2D eigenvalue weighted by Gasteiger charge is -2.27. The van der Waals surface area contributed by atoms with Crippen LogP contribution in [0.25, 0.3) is 0 Å². The standard InChI is InChI=1S/C12H21N3O2/c1-8(2)12-13-10(7-11(17)14-12)15(5-6-16)9(3)4/h7-9,16H,5-6H2,1-4H3,(H,13,14,17). The Morgan fingerprint density at radius 3 is 2.53 bits per heavy atom. The summed E-state index contributed by atoms with van der Waals surface area (Å²) in [5.41, 5.74) is -0.151. The van der Waals surface area contributed by atoms with Gasteiger partial charge < -0.3 is 15.0 Å². The highest BCUT2D eigenvalue weighted by Gasteiger charge is 2.14. The van der Waals surface area contributed by atoms with Crippen LogP contribution in [-0.4, -0.2) is 34.3 Å². The summed E-state index contributed by atoms with van der Waals surface area (Å²) in [6.45, 7) is 8.50. The fourth-order valence-corrected chi connectivity index (χ4v) is 1.63. The second-order valence-electron chi connectivity index (χ2n) is 4.65. The summed E-state index contributed by atoms with van der Waals surface area (Å²) in [5, 5.41) is 9.04. The zero-order valence-electron chi connectivity index (χ0n) is 10.9. The molecule has 1 aromatic rings. The molecule has 5 nitrogen and oxygen atoms in total. The van der Waals surface area contributed by atoms with Crippen LogP contribution in [0.1, 0.15) is 39.4 Å². The first-order valence-corrected chi connectivity index (χ1v) is 5.94. The molecular weight excluding hydrogens is 218 g/mol. The third kappa shape index (κ3) is 3.56. The van der Waals surface area contributed by atoms with Crippen molar-refractivity contribution in [3.05, 3.63) is 22.2 Å². The predicted octanol–water partition coefficient (Wildman–Crippen LogP) is 1.10. The summed E-state index contributed by atoms with van der Waals surface area (Å²) < 4.78 is 0. The number of hydrogen-bond donors (Lipinski definition) is 2. The Bertz CT molecular complexity index is 412. The molecule has 1 aromatic heterocycles. The van der Waals surface area contributed by atoms with E-state index in [0.29, 0.717) is 18.2 Å². The van der Waals surface area contributed by atoms with Gasteiger partial charge in [0.2, 0.25) is 0 Å². The zero-order valence-corrected chi connectivity index (χ0v) is 10.9. The molecule has 96 valence electrons. The summed E-state index contributed by atoms with van der Waals surface area (Å²) in [4.78, 5) is 20.6. The highest BCUT2D eigenvalue weighted by atomic mass is 16.3. The van der Waals surface area contributed by atoms with Gasteiger partial charge in [0.25, 0.3) is 5.56 Å². The second kappa shape index (κ2) is 5.82. The van der Waals surface area contributed by atoms with E-state index < -0.39 is 0 Å². The van der Waals surface area contributed by atoms with Crippen LogP contribution in [0.2, 0.25) is 0 Å². The number of hydrogen-bond acceptors (Lipinski definition) is 4. The Morgan fingerprint density at radius 2 is 2.06 bits per heavy atom. The van der Waals surface area contributed by atoms with Gasteiger partial charge in [0.1, 0.15) is 11.6 Å². The SMILES string of the molecule is CC(C)c1nc(N(CCO)C(C)C)cc(=O)[nH]1. The molecule has 0 saturated heterocycles. The molecule has 2 N–H and O–H groups in total. The van der Waals surface area contributed by atoms with Gasteiger partial charge in [-0.05, 0) is 13.8 Å². The molecule has 0 aromatic carbocycles. The van der Waals surface area contributed by atoms with Crippen molar-refractivity contribution in [2.45, 2.75) is 39.7 Å². The smallest absolute Gasteiger partial charge is 0.252 e. The van der Waals surface area contributed by atoms with Crippen molar-refractivity contribution in [1.82, 2.24) is 9.97 Å². The van der Waals surface area contributed by atoms with E-state index in [1.165, 1.54) is 6.07 Å². The summed E-state index contributed by atoms with van der Waals surface area (Å²) in [6, 6.07) is 1.66. The number of H-pyrrole nitrogens is 1. The number of aromatic nitrogens is 2. The van der Waals surface area contributed by atoms with E-state index >= 15 is 0 Å². The number of nitrogens with zero attached hydrogens (tertiary/aromatic N) is 2. The first kappa shape index (κ1) is 13.7. The third-order valence-electron chi connectivity index (χ3n) is 2.55. The topological polar surface area (TPSA) is 69.2 Å². The summed E-state index contributed by atoms with van der Waals surface area (Å²) in [6.07, 6.45) is 0. The van der Waals surface area contributed by atoms with Crippen LogP contribution in [0.3, 0.4) is 0 Å². The van der Waals surface area contributed by atoms with Gasteiger partial charge in [-0.3, -0.25) is 4.79 Å². The van der Waals surface area contributed by atoms with Gasteiger partial charge in [-0.25, -0.2) is 4.98 Å². The van der Waals surface area contributed by atoms with Crippen molar-refractivity contribution in [2.75, 3.05) is 18.1 Å². The maximum atomic E-state index is 11.6. The van der Waals surface area contributed by atoms with E-state index in [4.69, 9.17) is 5.11 Å². The van der Waals surface area contributed by atoms with Crippen LogP contribution in [-0.2, 0) is 0 Å². The van der Waals surface area contributed by atoms with Gasteiger partial charge in [0.05, 0.1) is 6.61 Å². The number of nitrogens with one attached hydrogen (secondary N) is 1. The Hall–Kier alpha value is -1.36. The molecule has 0 unspecified atom stereocenters. The van der Waals surface area contributed by atoms with E-state index in [1.807, 2.05) is 32.6 Å². The van der Waals surface area contributed by atoms with Gasteiger partial charge in [0, 0.05) is 24.6 Å². The Morgan fingerprint density at radius 1 is 1.41 bits per heavy atom. The molecule has 0 amide bonds. The lowest BCUT2D eigenvalue weighted by atomic mass is 10.2. The third-order valence-corrected chi connectivity index (χ3v) is 2.55. The first-order chi connectivity index (χ1) is 7.95. The fraction of sp³-hybridized carbons (Fsp3) is 0.667. The van der Waals surface area contributed by atoms with Gasteiger partial charge in [-0.2, -0.15) is 0 Å². The van der Waals surface area contributed by atoms with Crippen molar-refractivity contribution in [1.29, 1.82) is 0 Å². The normalized spacial score (nSPS) is 11.2. The minimum atomic E-state index is -0.151. The number of aromatic amines is 1. The lowest BCUT2D eigenvalue weighted by Crippen LogP contribution is -2.35. The molecule has 5 heteroatoms. The molecule has 0 aliphatic rings. The highest BCUT2D eigenvalue weighted by molar-refractivity contribution is 5.38. The maximum Gasteiger partial charge on any atom is 0.252 e. The Balaban J connectivity index is 3.14. The quantitative estimate of drug-likeness (QED) is 0.807. The molecule has 0 saturated carbocycles. The average molecular weight is 239 g/mol. The van der Waals surface area contributed by atoms with Gasteiger partial charge >= 0.3 is 0 Å². The number of aliphatic hydroxyl groups is 1. The lowest BCUT2D eigenvalue weighted by molar-refractivity contribution is 0.298. The van der Waals surface area contributed by atoms with Crippen LogP contribution >= 0.6 is 0 Å². The molecule has 1 rings (SSSR count). The largest absolute Gasteiger partial charge is 0.395 e. The fourth-order valence-electron chi connectivity index (χ4n) is 1.63. The summed E-state index contributed by atoms with van der Waals surface area (Å²) in [5.74, 6) is 1.48. The molecule has 0 spiro atoms. The molecule has 0 fully saturated rings. The van der Waals surface area contributed by atoms with Crippen LogP contribution < -0.4 is 10.5 Å². The molecule has 17 heavy (non-hydrogen) atoms. The van der Waals surface area contributed by atoms with Crippen LogP contribution in [0, 0.1) is 0 Å². The first-order valence-electron chi connectivity index (χ1n) is 5.94. The Kier molecular flexibility index (Phi) is 4.69. The monoisotopic (exact) mass is 239 g/mol. The van der Waals surface area contributed by atoms with Gasteiger partial charge in [0.15, 0.2) is 0 Å². The zero-order chi connectivity index (χ0) is 13.0. The molecule has 0 aliphatic carbocycles. The summed E-state index contributed by atoms with van der Waals surface area (Å²) >= 11 is 0. The molecule has 0 aliphatic heterocycles. The molecular formula is C12H21N3O2. The minimum absolute atomic E-state index is 0.0453. The Labute approximate surface area is 102 Å². The van der Waals surface area contributed by atoms with Crippen LogP contribution in [0.4, 0.5) is 5.82 Å². The van der Waals surface area contributed by atoms with Crippen molar-refractivity contribution in [3.8, 4) is 0 Å². The van der Waals surface area contributed by atoms with Crippen molar-refractivity contribution in [2.24, 2.45) is 0 Å². The van der Waals surface area contributed by atoms with E-state index in [2.05, 4.69) is 9.97 Å². The number of rotatable bonds is 5. The maximum absolute atomic E-state index is 11.6. The van der Waals surface area contributed by atoms with E-state index in [1.54, 1.807) is 0 Å². The van der Waals surface area contributed by atoms with Gasteiger partial charge in [-0.15, -0.1) is 0 Å². The highest BCUT2D eigenvalue weighted by Crippen LogP contribution is 2.14. The van der Waals surface area contributed by atoms with E-state index in [9.17, 15) is 4.79 Å². The molecule has 0 radical (unpaired) electrons. The summed E-state index contributed by atoms with van der Waals surface area (Å²) in [7, 11) is 0. The molecule has 0 atom stereocenters. The van der Waals surface area contributed by atoms with Crippen molar-refractivity contribution >= 4 is 5.82 Å². The van der Waals surface area contributed by atoms with E-state index in [0.717, 1.165) is 0 Å². The van der Waals surface area contributed by atoms with E-state index in [-0.39, 0.29) is 24.1 Å². The second-order valence-corrected chi connectivity index (χ2v) is 4.65. The van der Waals surface area contributed by atoms with Crippen LogP contribution in [0.15, 0.2) is 10.9 Å². The van der Waals surface area contributed by atoms with Gasteiger partial charge in [-0.1, -0.05) is 13.8 Å². The molecule has 1 heterocycles. The number of anilines is 1.